The maximum Gasteiger partial charge on any atom is 0.0675 e. The molecule has 0 aliphatic heterocycles. The summed E-state index contributed by atoms with van der Waals surface area (Å²) >= 11 is 0. The molecule has 1 aliphatic rings. The van der Waals surface area contributed by atoms with E-state index in [1.165, 1.54) is 32.1 Å². The third kappa shape index (κ3) is 6.72. The molecule has 0 heterocycles. The van der Waals surface area contributed by atoms with Gasteiger partial charge < -0.3 is 14.8 Å². The molecule has 1 N–H and O–H groups in total. The number of hydrogen-bond acceptors (Lipinski definition) is 3. The van der Waals surface area contributed by atoms with Gasteiger partial charge in [-0.05, 0) is 38.6 Å². The summed E-state index contributed by atoms with van der Waals surface area (Å²) < 4.78 is 11.2. The first-order valence-electron chi connectivity index (χ1n) is 7.61. The number of nitrogens with one attached hydrogen (secondary N) is 1. The summed E-state index contributed by atoms with van der Waals surface area (Å²) in [5.41, 5.74) is 0. The highest BCUT2D eigenvalue weighted by Crippen LogP contribution is 2.28. The highest BCUT2D eigenvalue weighted by molar-refractivity contribution is 4.73. The van der Waals surface area contributed by atoms with Gasteiger partial charge >= 0.3 is 0 Å². The molecule has 0 aromatic rings. The Morgan fingerprint density at radius 2 is 2.17 bits per heavy atom. The fourth-order valence-corrected chi connectivity index (χ4v) is 2.76. The van der Waals surface area contributed by atoms with Gasteiger partial charge in [0.25, 0.3) is 0 Å². The lowest BCUT2D eigenvalue weighted by atomic mass is 9.85. The summed E-state index contributed by atoms with van der Waals surface area (Å²) in [5, 5.41) is 3.43. The maximum atomic E-state index is 6.14. The highest BCUT2D eigenvalue weighted by Gasteiger charge is 2.22. The van der Waals surface area contributed by atoms with Gasteiger partial charge in [0, 0.05) is 20.3 Å². The fourth-order valence-electron chi connectivity index (χ4n) is 2.76. The van der Waals surface area contributed by atoms with Crippen LogP contribution in [0.2, 0.25) is 0 Å². The van der Waals surface area contributed by atoms with E-state index in [0.717, 1.165) is 32.0 Å². The van der Waals surface area contributed by atoms with E-state index in [9.17, 15) is 0 Å². The predicted molar refractivity (Wildman–Crippen MR) is 75.9 cm³/mol. The quantitative estimate of drug-likeness (QED) is 0.644. The highest BCUT2D eigenvalue weighted by atomic mass is 16.5. The van der Waals surface area contributed by atoms with Crippen molar-refractivity contribution in [2.45, 2.75) is 64.6 Å². The third-order valence-corrected chi connectivity index (χ3v) is 3.87. The normalized spacial score (nSPS) is 26.2. The van der Waals surface area contributed by atoms with Crippen molar-refractivity contribution in [3.63, 3.8) is 0 Å². The van der Waals surface area contributed by atoms with E-state index >= 15 is 0 Å². The second-order valence-electron chi connectivity index (χ2n) is 5.56. The van der Waals surface area contributed by atoms with Gasteiger partial charge in [0.2, 0.25) is 0 Å². The SMILES string of the molecule is CCC1CCCC(OC(C)CNCCCOC)C1. The molecule has 0 radical (unpaired) electrons. The first-order valence-corrected chi connectivity index (χ1v) is 7.61. The summed E-state index contributed by atoms with van der Waals surface area (Å²) in [5.74, 6) is 0.894. The van der Waals surface area contributed by atoms with Gasteiger partial charge in [0.05, 0.1) is 12.2 Å². The molecule has 3 atom stereocenters. The molecule has 0 aromatic carbocycles. The van der Waals surface area contributed by atoms with Crippen molar-refractivity contribution in [1.82, 2.24) is 5.32 Å². The van der Waals surface area contributed by atoms with Crippen LogP contribution >= 0.6 is 0 Å². The van der Waals surface area contributed by atoms with Crippen LogP contribution in [0, 0.1) is 5.92 Å². The van der Waals surface area contributed by atoms with Crippen LogP contribution in [0.4, 0.5) is 0 Å². The average Bonchev–Trinajstić information content (AvgIpc) is 2.38. The first-order chi connectivity index (χ1) is 8.76. The van der Waals surface area contributed by atoms with Crippen LogP contribution in [0.5, 0.6) is 0 Å². The first kappa shape index (κ1) is 15.9. The van der Waals surface area contributed by atoms with Gasteiger partial charge in [-0.2, -0.15) is 0 Å². The van der Waals surface area contributed by atoms with E-state index in [1.54, 1.807) is 7.11 Å². The molecule has 3 unspecified atom stereocenters. The van der Waals surface area contributed by atoms with Crippen LogP contribution in [0.15, 0.2) is 0 Å². The Hall–Kier alpha value is -0.120. The van der Waals surface area contributed by atoms with Crippen LogP contribution in [0.3, 0.4) is 0 Å². The van der Waals surface area contributed by atoms with Crippen molar-refractivity contribution < 1.29 is 9.47 Å². The molecule has 18 heavy (non-hydrogen) atoms. The van der Waals surface area contributed by atoms with E-state index in [1.807, 2.05) is 0 Å². The molecular formula is C15H31NO2. The monoisotopic (exact) mass is 257 g/mol. The van der Waals surface area contributed by atoms with Gasteiger partial charge in [0.1, 0.15) is 0 Å². The van der Waals surface area contributed by atoms with Crippen molar-refractivity contribution in [2.75, 3.05) is 26.8 Å². The number of ether oxygens (including phenoxy) is 2. The summed E-state index contributed by atoms with van der Waals surface area (Å²) in [6.45, 7) is 7.29. The van der Waals surface area contributed by atoms with Crippen molar-refractivity contribution in [2.24, 2.45) is 5.92 Å². The summed E-state index contributed by atoms with van der Waals surface area (Å²) in [6.07, 6.45) is 8.48. The number of rotatable bonds is 9. The molecule has 0 bridgehead atoms. The van der Waals surface area contributed by atoms with Crippen molar-refractivity contribution >= 4 is 0 Å². The molecule has 1 saturated carbocycles. The maximum absolute atomic E-state index is 6.14. The number of hydrogen-bond donors (Lipinski definition) is 1. The molecule has 3 nitrogen and oxygen atoms in total. The van der Waals surface area contributed by atoms with E-state index in [0.29, 0.717) is 12.2 Å². The summed E-state index contributed by atoms with van der Waals surface area (Å²) in [6, 6.07) is 0. The van der Waals surface area contributed by atoms with Crippen molar-refractivity contribution in [3.8, 4) is 0 Å². The van der Waals surface area contributed by atoms with E-state index < -0.39 is 0 Å². The van der Waals surface area contributed by atoms with Crippen LogP contribution in [0.25, 0.3) is 0 Å². The van der Waals surface area contributed by atoms with Crippen molar-refractivity contribution in [1.29, 1.82) is 0 Å². The molecule has 0 amide bonds. The Kier molecular flexibility index (Phi) is 8.64. The zero-order valence-electron chi connectivity index (χ0n) is 12.4. The minimum absolute atomic E-state index is 0.327. The lowest BCUT2D eigenvalue weighted by Gasteiger charge is -2.30. The third-order valence-electron chi connectivity index (χ3n) is 3.87. The molecule has 0 saturated heterocycles. The standard InChI is InChI=1S/C15H31NO2/c1-4-14-7-5-8-15(11-14)18-13(2)12-16-9-6-10-17-3/h13-16H,4-12H2,1-3H3. The lowest BCUT2D eigenvalue weighted by molar-refractivity contribution is -0.0314. The lowest BCUT2D eigenvalue weighted by Crippen LogP contribution is -2.33. The minimum atomic E-state index is 0.327. The molecule has 108 valence electrons. The second-order valence-corrected chi connectivity index (χ2v) is 5.56. The molecular weight excluding hydrogens is 226 g/mol. The Balaban J connectivity index is 2.06. The molecule has 1 rings (SSSR count). The minimum Gasteiger partial charge on any atom is -0.385 e. The molecule has 3 heteroatoms. The number of methoxy groups -OCH3 is 1. The van der Waals surface area contributed by atoms with Crippen molar-refractivity contribution in [3.05, 3.63) is 0 Å². The summed E-state index contributed by atoms with van der Waals surface area (Å²) in [4.78, 5) is 0. The van der Waals surface area contributed by atoms with Gasteiger partial charge in [-0.15, -0.1) is 0 Å². The van der Waals surface area contributed by atoms with Gasteiger partial charge in [0.15, 0.2) is 0 Å². The Bertz CT molecular complexity index is 199. The topological polar surface area (TPSA) is 30.5 Å². The van der Waals surface area contributed by atoms with Gasteiger partial charge in [-0.25, -0.2) is 0 Å². The molecule has 1 fully saturated rings. The second kappa shape index (κ2) is 9.76. The predicted octanol–water partition coefficient (Wildman–Crippen LogP) is 2.99. The molecule has 0 aromatic heterocycles. The van der Waals surface area contributed by atoms with E-state index in [2.05, 4.69) is 19.2 Å². The Labute approximate surface area is 113 Å². The van der Waals surface area contributed by atoms with Crippen LogP contribution in [-0.2, 0) is 9.47 Å². The van der Waals surface area contributed by atoms with Crippen LogP contribution in [-0.4, -0.2) is 39.0 Å². The van der Waals surface area contributed by atoms with E-state index in [-0.39, 0.29) is 0 Å². The van der Waals surface area contributed by atoms with Gasteiger partial charge in [-0.3, -0.25) is 0 Å². The molecule has 1 aliphatic carbocycles. The van der Waals surface area contributed by atoms with Crippen LogP contribution in [0.1, 0.15) is 52.4 Å². The Morgan fingerprint density at radius 1 is 1.33 bits per heavy atom. The Morgan fingerprint density at radius 3 is 2.89 bits per heavy atom. The zero-order chi connectivity index (χ0) is 13.2. The summed E-state index contributed by atoms with van der Waals surface area (Å²) in [7, 11) is 1.75. The largest absolute Gasteiger partial charge is 0.385 e. The fraction of sp³-hybridized carbons (Fsp3) is 1.00. The van der Waals surface area contributed by atoms with E-state index in [4.69, 9.17) is 9.47 Å². The van der Waals surface area contributed by atoms with Gasteiger partial charge in [-0.1, -0.05) is 26.2 Å². The zero-order valence-corrected chi connectivity index (χ0v) is 12.4. The smallest absolute Gasteiger partial charge is 0.0675 e. The van der Waals surface area contributed by atoms with Crippen LogP contribution < -0.4 is 5.32 Å². The molecule has 0 spiro atoms. The average molecular weight is 257 g/mol.